The van der Waals surface area contributed by atoms with E-state index >= 15 is 0 Å². The number of aryl methyl sites for hydroxylation is 1. The van der Waals surface area contributed by atoms with Gasteiger partial charge < -0.3 is 0 Å². The number of hydrogen-bond acceptors (Lipinski definition) is 4. The van der Waals surface area contributed by atoms with E-state index < -0.39 is 0 Å². The number of anilines is 1. The Kier molecular flexibility index (Phi) is 2.64. The molecule has 1 aromatic heterocycles. The smallest absolute Gasteiger partial charge is 0.181 e. The summed E-state index contributed by atoms with van der Waals surface area (Å²) in [6.07, 6.45) is 1.67. The van der Waals surface area contributed by atoms with Crippen LogP contribution in [0.3, 0.4) is 0 Å². The average Bonchev–Trinajstić information content (AvgIpc) is 2.66. The highest BCUT2D eigenvalue weighted by Gasteiger charge is 2.03. The van der Waals surface area contributed by atoms with E-state index in [9.17, 15) is 0 Å². The van der Waals surface area contributed by atoms with Gasteiger partial charge in [-0.1, -0.05) is 12.1 Å². The lowest BCUT2D eigenvalue weighted by atomic mass is 10.2. The number of rotatable bonds is 3. The Bertz CT molecular complexity index is 452. The van der Waals surface area contributed by atoms with Crippen LogP contribution in [0.15, 0.2) is 30.6 Å². The van der Waals surface area contributed by atoms with Gasteiger partial charge in [0.25, 0.3) is 0 Å². The highest BCUT2D eigenvalue weighted by Crippen LogP contribution is 2.18. The second-order valence-corrected chi connectivity index (χ2v) is 3.13. The molecule has 0 aliphatic rings. The second-order valence-electron chi connectivity index (χ2n) is 3.13. The van der Waals surface area contributed by atoms with Crippen LogP contribution in [0.4, 0.5) is 5.69 Å². The summed E-state index contributed by atoms with van der Waals surface area (Å²) in [6, 6.07) is 7.72. The fraction of sp³-hybridized carbons (Fsp3) is 0.200. The number of nitrogens with one attached hydrogen (secondary N) is 1. The molecule has 2 rings (SSSR count). The lowest BCUT2D eigenvalue weighted by Gasteiger charge is -2.03. The molecular formula is C10H12N4O. The van der Waals surface area contributed by atoms with E-state index in [4.69, 9.17) is 4.84 Å². The largest absolute Gasteiger partial charge is 0.279 e. The number of benzene rings is 1. The number of hydrogen-bond donors (Lipinski definition) is 1. The molecule has 1 N–H and O–H groups in total. The van der Waals surface area contributed by atoms with Gasteiger partial charge in [0, 0.05) is 12.6 Å². The minimum atomic E-state index is 0.706. The van der Waals surface area contributed by atoms with E-state index in [-0.39, 0.29) is 0 Å². The first-order chi connectivity index (χ1) is 7.29. The van der Waals surface area contributed by atoms with Gasteiger partial charge in [0.2, 0.25) is 0 Å². The van der Waals surface area contributed by atoms with Gasteiger partial charge in [-0.25, -0.2) is 4.98 Å². The van der Waals surface area contributed by atoms with Gasteiger partial charge in [0.1, 0.15) is 6.33 Å². The van der Waals surface area contributed by atoms with Crippen LogP contribution in [0.5, 0.6) is 0 Å². The first-order valence-corrected chi connectivity index (χ1v) is 4.54. The highest BCUT2D eigenvalue weighted by molar-refractivity contribution is 5.61. The van der Waals surface area contributed by atoms with Crippen LogP contribution in [0, 0.1) is 0 Å². The summed E-state index contributed by atoms with van der Waals surface area (Å²) in [5, 5.41) is 4.22. The Hall–Kier alpha value is -1.88. The SMILES string of the molecule is CONc1cccc(-c2ncn(C)n2)c1. The zero-order valence-corrected chi connectivity index (χ0v) is 8.64. The van der Waals surface area contributed by atoms with Crippen molar-refractivity contribution in [1.29, 1.82) is 0 Å². The Balaban J connectivity index is 2.32. The van der Waals surface area contributed by atoms with Crippen LogP contribution < -0.4 is 5.48 Å². The van der Waals surface area contributed by atoms with Gasteiger partial charge in [-0.15, -0.1) is 0 Å². The molecule has 0 aliphatic heterocycles. The van der Waals surface area contributed by atoms with Crippen molar-refractivity contribution < 1.29 is 4.84 Å². The van der Waals surface area contributed by atoms with Crippen molar-refractivity contribution in [2.75, 3.05) is 12.6 Å². The van der Waals surface area contributed by atoms with Crippen LogP contribution in [-0.2, 0) is 11.9 Å². The molecule has 2 aromatic rings. The van der Waals surface area contributed by atoms with Gasteiger partial charge >= 0.3 is 0 Å². The van der Waals surface area contributed by atoms with Gasteiger partial charge in [0.05, 0.1) is 12.8 Å². The van der Waals surface area contributed by atoms with Gasteiger partial charge in [-0.2, -0.15) is 5.10 Å². The summed E-state index contributed by atoms with van der Waals surface area (Å²) in [6.45, 7) is 0. The summed E-state index contributed by atoms with van der Waals surface area (Å²) in [5.41, 5.74) is 4.60. The normalized spacial score (nSPS) is 10.3. The molecule has 0 amide bonds. The second kappa shape index (κ2) is 4.10. The lowest BCUT2D eigenvalue weighted by Crippen LogP contribution is -1.95. The minimum absolute atomic E-state index is 0.706. The van der Waals surface area contributed by atoms with Crippen LogP contribution in [-0.4, -0.2) is 21.9 Å². The molecule has 0 saturated carbocycles. The van der Waals surface area contributed by atoms with Crippen molar-refractivity contribution in [3.05, 3.63) is 30.6 Å². The van der Waals surface area contributed by atoms with Gasteiger partial charge in [0.15, 0.2) is 5.82 Å². The monoisotopic (exact) mass is 204 g/mol. The molecule has 0 saturated heterocycles. The molecule has 1 aromatic carbocycles. The van der Waals surface area contributed by atoms with E-state index in [2.05, 4.69) is 15.6 Å². The topological polar surface area (TPSA) is 52.0 Å². The van der Waals surface area contributed by atoms with Crippen molar-refractivity contribution in [3.63, 3.8) is 0 Å². The van der Waals surface area contributed by atoms with Crippen LogP contribution in [0.25, 0.3) is 11.4 Å². The third kappa shape index (κ3) is 2.13. The van der Waals surface area contributed by atoms with E-state index in [0.717, 1.165) is 11.3 Å². The van der Waals surface area contributed by atoms with Gasteiger partial charge in [-0.3, -0.25) is 15.0 Å². The van der Waals surface area contributed by atoms with Crippen LogP contribution >= 0.6 is 0 Å². The molecule has 15 heavy (non-hydrogen) atoms. The van der Waals surface area contributed by atoms with Crippen molar-refractivity contribution in [2.24, 2.45) is 7.05 Å². The average molecular weight is 204 g/mol. The van der Waals surface area contributed by atoms with Crippen LogP contribution in [0.1, 0.15) is 0 Å². The molecule has 0 bridgehead atoms. The van der Waals surface area contributed by atoms with Crippen LogP contribution in [0.2, 0.25) is 0 Å². The molecule has 1 heterocycles. The Morgan fingerprint density at radius 3 is 2.93 bits per heavy atom. The van der Waals surface area contributed by atoms with E-state index in [1.807, 2.05) is 31.3 Å². The summed E-state index contributed by atoms with van der Waals surface area (Å²) in [5.74, 6) is 0.706. The summed E-state index contributed by atoms with van der Waals surface area (Å²) < 4.78 is 1.67. The number of aromatic nitrogens is 3. The predicted molar refractivity (Wildman–Crippen MR) is 57.1 cm³/mol. The zero-order valence-electron chi connectivity index (χ0n) is 8.64. The van der Waals surface area contributed by atoms with Crippen molar-refractivity contribution in [1.82, 2.24) is 14.8 Å². The summed E-state index contributed by atoms with van der Waals surface area (Å²) >= 11 is 0. The number of nitrogens with zero attached hydrogens (tertiary/aromatic N) is 3. The third-order valence-electron chi connectivity index (χ3n) is 1.94. The minimum Gasteiger partial charge on any atom is -0.279 e. The van der Waals surface area contributed by atoms with E-state index in [1.54, 1.807) is 18.1 Å². The first kappa shape index (κ1) is 9.67. The third-order valence-corrected chi connectivity index (χ3v) is 1.94. The molecule has 5 nitrogen and oxygen atoms in total. The molecule has 0 fully saturated rings. The quantitative estimate of drug-likeness (QED) is 0.769. The first-order valence-electron chi connectivity index (χ1n) is 4.54. The fourth-order valence-corrected chi connectivity index (χ4v) is 1.31. The molecular weight excluding hydrogens is 192 g/mol. The predicted octanol–water partition coefficient (Wildman–Crippen LogP) is 1.46. The summed E-state index contributed by atoms with van der Waals surface area (Å²) in [7, 11) is 3.42. The Labute approximate surface area is 87.7 Å². The molecule has 0 aliphatic carbocycles. The molecule has 5 heteroatoms. The zero-order chi connectivity index (χ0) is 10.7. The maximum atomic E-state index is 4.83. The Morgan fingerprint density at radius 2 is 2.27 bits per heavy atom. The van der Waals surface area contributed by atoms with Crippen molar-refractivity contribution >= 4 is 5.69 Å². The molecule has 78 valence electrons. The molecule has 0 radical (unpaired) electrons. The van der Waals surface area contributed by atoms with E-state index in [0.29, 0.717) is 5.82 Å². The molecule has 0 atom stereocenters. The Morgan fingerprint density at radius 1 is 1.40 bits per heavy atom. The standard InChI is InChI=1S/C10H12N4O/c1-14-7-11-10(12-14)8-4-3-5-9(6-8)13-15-2/h3-7,13H,1-2H3. The summed E-state index contributed by atoms with van der Waals surface area (Å²) in [4.78, 5) is 9.00. The molecule has 0 spiro atoms. The van der Waals surface area contributed by atoms with Crippen molar-refractivity contribution in [3.8, 4) is 11.4 Å². The maximum Gasteiger partial charge on any atom is 0.181 e. The van der Waals surface area contributed by atoms with Crippen molar-refractivity contribution in [2.45, 2.75) is 0 Å². The highest BCUT2D eigenvalue weighted by atomic mass is 16.6. The van der Waals surface area contributed by atoms with Gasteiger partial charge in [-0.05, 0) is 12.1 Å². The fourth-order valence-electron chi connectivity index (χ4n) is 1.31. The molecule has 0 unspecified atom stereocenters. The maximum absolute atomic E-state index is 4.83. The lowest BCUT2D eigenvalue weighted by molar-refractivity contribution is 0.271. The van der Waals surface area contributed by atoms with E-state index in [1.165, 1.54) is 0 Å².